The molecular formula is C16H32N2. The number of nitrogens with one attached hydrogen (secondary N) is 1. The van der Waals surface area contributed by atoms with E-state index in [9.17, 15) is 0 Å². The SMILES string of the molecule is CCC1(C)CCN(C2CCC(C)(C)C2NC)CC1. The number of nitrogens with zero attached hydrogens (tertiary/aromatic N) is 1. The van der Waals surface area contributed by atoms with Crippen molar-refractivity contribution in [1.82, 2.24) is 10.2 Å². The highest BCUT2D eigenvalue weighted by atomic mass is 15.2. The van der Waals surface area contributed by atoms with E-state index in [1.807, 2.05) is 0 Å². The molecule has 1 saturated heterocycles. The molecule has 2 heteroatoms. The third-order valence-electron chi connectivity index (χ3n) is 5.95. The van der Waals surface area contributed by atoms with Gasteiger partial charge in [-0.05, 0) is 56.7 Å². The van der Waals surface area contributed by atoms with Crippen LogP contribution in [0, 0.1) is 10.8 Å². The fourth-order valence-electron chi connectivity index (χ4n) is 4.09. The number of hydrogen-bond donors (Lipinski definition) is 1. The summed E-state index contributed by atoms with van der Waals surface area (Å²) in [5.41, 5.74) is 1.07. The molecule has 0 aromatic heterocycles. The minimum Gasteiger partial charge on any atom is -0.315 e. The Hall–Kier alpha value is -0.0800. The summed E-state index contributed by atoms with van der Waals surface area (Å²) in [5.74, 6) is 0. The molecule has 0 radical (unpaired) electrons. The van der Waals surface area contributed by atoms with Gasteiger partial charge in [0.05, 0.1) is 0 Å². The average molecular weight is 252 g/mol. The summed E-state index contributed by atoms with van der Waals surface area (Å²) in [5, 5.41) is 3.59. The number of hydrogen-bond acceptors (Lipinski definition) is 2. The Morgan fingerprint density at radius 3 is 2.22 bits per heavy atom. The molecule has 0 amide bonds. The van der Waals surface area contributed by atoms with Gasteiger partial charge in [0.25, 0.3) is 0 Å². The third-order valence-corrected chi connectivity index (χ3v) is 5.95. The van der Waals surface area contributed by atoms with Gasteiger partial charge >= 0.3 is 0 Å². The third kappa shape index (κ3) is 2.60. The molecule has 2 unspecified atom stereocenters. The second-order valence-corrected chi connectivity index (χ2v) is 7.56. The van der Waals surface area contributed by atoms with Gasteiger partial charge in [0.15, 0.2) is 0 Å². The van der Waals surface area contributed by atoms with Crippen molar-refractivity contribution in [3.8, 4) is 0 Å². The van der Waals surface area contributed by atoms with Gasteiger partial charge in [0.1, 0.15) is 0 Å². The zero-order valence-corrected chi connectivity index (χ0v) is 13.1. The van der Waals surface area contributed by atoms with E-state index in [1.165, 1.54) is 45.2 Å². The van der Waals surface area contributed by atoms with Crippen molar-refractivity contribution in [1.29, 1.82) is 0 Å². The maximum absolute atomic E-state index is 3.59. The lowest BCUT2D eigenvalue weighted by atomic mass is 9.77. The lowest BCUT2D eigenvalue weighted by Gasteiger charge is -2.44. The van der Waals surface area contributed by atoms with Crippen LogP contribution in [-0.2, 0) is 0 Å². The minimum absolute atomic E-state index is 0.463. The maximum atomic E-state index is 3.59. The molecular weight excluding hydrogens is 220 g/mol. The summed E-state index contributed by atoms with van der Waals surface area (Å²) < 4.78 is 0. The second-order valence-electron chi connectivity index (χ2n) is 7.56. The number of rotatable bonds is 3. The van der Waals surface area contributed by atoms with Gasteiger partial charge in [0.2, 0.25) is 0 Å². The van der Waals surface area contributed by atoms with Crippen LogP contribution in [0.3, 0.4) is 0 Å². The van der Waals surface area contributed by atoms with Crippen LogP contribution in [0.5, 0.6) is 0 Å². The van der Waals surface area contributed by atoms with Crippen LogP contribution < -0.4 is 5.32 Å². The van der Waals surface area contributed by atoms with E-state index in [0.717, 1.165) is 6.04 Å². The molecule has 1 heterocycles. The van der Waals surface area contributed by atoms with Gasteiger partial charge in [-0.1, -0.05) is 34.1 Å². The molecule has 1 aliphatic carbocycles. The van der Waals surface area contributed by atoms with Crippen LogP contribution >= 0.6 is 0 Å². The zero-order chi connectivity index (χ0) is 13.4. The lowest BCUT2D eigenvalue weighted by Crippen LogP contribution is -2.53. The number of likely N-dealkylation sites (tertiary alicyclic amines) is 1. The average Bonchev–Trinajstić information content (AvgIpc) is 2.65. The first-order valence-electron chi connectivity index (χ1n) is 7.83. The minimum atomic E-state index is 0.463. The van der Waals surface area contributed by atoms with Crippen LogP contribution in [0.1, 0.15) is 59.8 Å². The first-order chi connectivity index (χ1) is 8.42. The van der Waals surface area contributed by atoms with Gasteiger partial charge in [0, 0.05) is 12.1 Å². The fourth-order valence-corrected chi connectivity index (χ4v) is 4.09. The Kier molecular flexibility index (Phi) is 4.08. The van der Waals surface area contributed by atoms with Gasteiger partial charge in [-0.15, -0.1) is 0 Å². The highest BCUT2D eigenvalue weighted by Gasteiger charge is 2.44. The van der Waals surface area contributed by atoms with Crippen LogP contribution in [0.4, 0.5) is 0 Å². The van der Waals surface area contributed by atoms with Crippen molar-refractivity contribution in [3.63, 3.8) is 0 Å². The van der Waals surface area contributed by atoms with E-state index >= 15 is 0 Å². The lowest BCUT2D eigenvalue weighted by molar-refractivity contribution is 0.0650. The maximum Gasteiger partial charge on any atom is 0.0271 e. The summed E-state index contributed by atoms with van der Waals surface area (Å²) in [7, 11) is 2.14. The second kappa shape index (κ2) is 5.13. The van der Waals surface area contributed by atoms with E-state index in [1.54, 1.807) is 0 Å². The van der Waals surface area contributed by atoms with Crippen molar-refractivity contribution in [3.05, 3.63) is 0 Å². The largest absolute Gasteiger partial charge is 0.315 e. The van der Waals surface area contributed by atoms with Crippen molar-refractivity contribution in [2.24, 2.45) is 10.8 Å². The predicted molar refractivity (Wildman–Crippen MR) is 78.9 cm³/mol. The van der Waals surface area contributed by atoms with Gasteiger partial charge < -0.3 is 5.32 Å². The molecule has 0 aromatic carbocycles. The molecule has 2 atom stereocenters. The highest BCUT2D eigenvalue weighted by molar-refractivity contribution is 5.01. The molecule has 2 aliphatic rings. The quantitative estimate of drug-likeness (QED) is 0.829. The summed E-state index contributed by atoms with van der Waals surface area (Å²) >= 11 is 0. The molecule has 18 heavy (non-hydrogen) atoms. The van der Waals surface area contributed by atoms with Crippen LogP contribution in [0.15, 0.2) is 0 Å². The molecule has 0 bridgehead atoms. The van der Waals surface area contributed by atoms with E-state index < -0.39 is 0 Å². The first-order valence-corrected chi connectivity index (χ1v) is 7.83. The Balaban J connectivity index is 1.98. The Morgan fingerprint density at radius 2 is 1.72 bits per heavy atom. The molecule has 2 rings (SSSR count). The predicted octanol–water partition coefficient (Wildman–Crippen LogP) is 3.28. The van der Waals surface area contributed by atoms with E-state index in [2.05, 4.69) is 45.0 Å². The molecule has 0 aromatic rings. The van der Waals surface area contributed by atoms with Crippen molar-refractivity contribution in [2.45, 2.75) is 71.9 Å². The Morgan fingerprint density at radius 1 is 1.11 bits per heavy atom. The van der Waals surface area contributed by atoms with Crippen LogP contribution in [0.2, 0.25) is 0 Å². The summed E-state index contributed by atoms with van der Waals surface area (Å²) in [6, 6.07) is 1.44. The van der Waals surface area contributed by atoms with Crippen molar-refractivity contribution in [2.75, 3.05) is 20.1 Å². The van der Waals surface area contributed by atoms with Gasteiger partial charge in [-0.25, -0.2) is 0 Å². The number of likely N-dealkylation sites (N-methyl/N-ethyl adjacent to an activating group) is 1. The summed E-state index contributed by atoms with van der Waals surface area (Å²) in [4.78, 5) is 2.77. The zero-order valence-electron chi connectivity index (χ0n) is 13.1. The fraction of sp³-hybridized carbons (Fsp3) is 1.00. The van der Waals surface area contributed by atoms with Crippen LogP contribution in [-0.4, -0.2) is 37.1 Å². The summed E-state index contributed by atoms with van der Waals surface area (Å²) in [6.45, 7) is 12.3. The van der Waals surface area contributed by atoms with Gasteiger partial charge in [-0.3, -0.25) is 4.90 Å². The number of piperidine rings is 1. The van der Waals surface area contributed by atoms with Crippen molar-refractivity contribution < 1.29 is 0 Å². The van der Waals surface area contributed by atoms with E-state index in [0.29, 0.717) is 16.9 Å². The summed E-state index contributed by atoms with van der Waals surface area (Å²) in [6.07, 6.45) is 6.85. The van der Waals surface area contributed by atoms with E-state index in [-0.39, 0.29) is 0 Å². The normalized spacial score (nSPS) is 35.8. The molecule has 106 valence electrons. The molecule has 1 N–H and O–H groups in total. The van der Waals surface area contributed by atoms with Gasteiger partial charge in [-0.2, -0.15) is 0 Å². The smallest absolute Gasteiger partial charge is 0.0271 e. The molecule has 0 spiro atoms. The molecule has 2 nitrogen and oxygen atoms in total. The standard InChI is InChI=1S/C16H32N2/c1-6-16(4)9-11-18(12-10-16)13-7-8-15(2,3)14(13)17-5/h13-14,17H,6-12H2,1-5H3. The Labute approximate surface area is 114 Å². The monoisotopic (exact) mass is 252 g/mol. The molecule has 1 saturated carbocycles. The van der Waals surface area contributed by atoms with E-state index in [4.69, 9.17) is 0 Å². The first kappa shape index (κ1) is 14.3. The molecule has 1 aliphatic heterocycles. The topological polar surface area (TPSA) is 15.3 Å². The van der Waals surface area contributed by atoms with Crippen molar-refractivity contribution >= 4 is 0 Å². The van der Waals surface area contributed by atoms with Crippen LogP contribution in [0.25, 0.3) is 0 Å². The molecule has 2 fully saturated rings. The Bertz CT molecular complexity index is 277. The highest BCUT2D eigenvalue weighted by Crippen LogP contribution is 2.42.